The highest BCUT2D eigenvalue weighted by atomic mass is 79.9. The molecule has 0 aliphatic carbocycles. The number of hydrogen-bond acceptors (Lipinski definition) is 4. The molecule has 0 atom stereocenters. The summed E-state index contributed by atoms with van der Waals surface area (Å²) in [6.07, 6.45) is 0. The number of rotatable bonds is 4. The Morgan fingerprint density at radius 3 is 2.39 bits per heavy atom. The zero-order valence-electron chi connectivity index (χ0n) is 11.4. The Balaban J connectivity index is 2.48. The second kappa shape index (κ2) is 6.28. The van der Waals surface area contributed by atoms with Crippen molar-refractivity contribution < 1.29 is 31.4 Å². The Labute approximate surface area is 137 Å². The largest absolute Gasteiger partial charge is 0.504 e. The van der Waals surface area contributed by atoms with Crippen molar-refractivity contribution in [2.45, 2.75) is 4.90 Å². The molecular weight excluding hydrogens is 403 g/mol. The molecule has 0 saturated carbocycles. The van der Waals surface area contributed by atoms with Crippen LogP contribution in [0.25, 0.3) is 0 Å². The van der Waals surface area contributed by atoms with E-state index in [9.17, 15) is 26.7 Å². The van der Waals surface area contributed by atoms with Crippen LogP contribution < -0.4 is 9.46 Å². The zero-order valence-corrected chi connectivity index (χ0v) is 13.8. The van der Waals surface area contributed by atoms with Crippen LogP contribution in [0.3, 0.4) is 0 Å². The van der Waals surface area contributed by atoms with Gasteiger partial charge in [0.2, 0.25) is 0 Å². The number of benzene rings is 2. The van der Waals surface area contributed by atoms with Gasteiger partial charge in [0, 0.05) is 10.5 Å². The van der Waals surface area contributed by atoms with E-state index in [1.54, 1.807) is 0 Å². The normalized spacial score (nSPS) is 11.3. The van der Waals surface area contributed by atoms with Gasteiger partial charge in [-0.05, 0) is 34.1 Å². The molecule has 0 aliphatic rings. The monoisotopic (exact) mass is 411 g/mol. The fraction of sp³-hybridized carbons (Fsp3) is 0.0769. The van der Waals surface area contributed by atoms with Crippen molar-refractivity contribution in [1.82, 2.24) is 0 Å². The molecule has 0 unspecified atom stereocenters. The lowest BCUT2D eigenvalue weighted by molar-refractivity contribution is 0.373. The summed E-state index contributed by atoms with van der Waals surface area (Å²) in [6, 6.07) is 4.02. The maximum atomic E-state index is 13.8. The predicted octanol–water partition coefficient (Wildman–Crippen LogP) is 3.38. The molecule has 0 fully saturated rings. The molecule has 0 aromatic heterocycles. The molecule has 2 rings (SSSR count). The van der Waals surface area contributed by atoms with E-state index in [0.29, 0.717) is 6.07 Å². The molecule has 0 spiro atoms. The van der Waals surface area contributed by atoms with E-state index in [0.717, 1.165) is 6.07 Å². The van der Waals surface area contributed by atoms with Gasteiger partial charge in [0.1, 0.15) is 4.90 Å². The number of hydrogen-bond donors (Lipinski definition) is 2. The molecule has 2 N–H and O–H groups in total. The van der Waals surface area contributed by atoms with Crippen molar-refractivity contribution in [3.63, 3.8) is 0 Å². The number of nitrogens with one attached hydrogen (secondary N) is 1. The van der Waals surface area contributed by atoms with E-state index >= 15 is 0 Å². The van der Waals surface area contributed by atoms with E-state index in [1.807, 2.05) is 4.72 Å². The maximum absolute atomic E-state index is 13.8. The number of phenolic OH excluding ortho intramolecular Hbond substituents is 1. The number of phenols is 1. The number of sulfonamides is 1. The van der Waals surface area contributed by atoms with E-state index in [1.165, 1.54) is 19.2 Å². The number of aromatic hydroxyl groups is 1. The molecule has 2 aromatic carbocycles. The molecule has 0 bridgehead atoms. The molecule has 23 heavy (non-hydrogen) atoms. The van der Waals surface area contributed by atoms with Crippen LogP contribution in [0.15, 0.2) is 33.6 Å². The molecule has 0 amide bonds. The molecular formula is C13H9BrF3NO4S. The Bertz CT molecular complexity index is 874. The van der Waals surface area contributed by atoms with Gasteiger partial charge in [-0.2, -0.15) is 0 Å². The van der Waals surface area contributed by atoms with E-state index < -0.39 is 36.8 Å². The fourth-order valence-corrected chi connectivity index (χ4v) is 3.95. The molecule has 0 aliphatic heterocycles. The minimum atomic E-state index is -4.58. The Hall–Kier alpha value is -1.94. The van der Waals surface area contributed by atoms with Crippen molar-refractivity contribution in [3.05, 3.63) is 46.2 Å². The maximum Gasteiger partial charge on any atom is 0.266 e. The van der Waals surface area contributed by atoms with Gasteiger partial charge in [0.05, 0.1) is 12.8 Å². The number of anilines is 1. The lowest BCUT2D eigenvalue weighted by Crippen LogP contribution is -2.16. The van der Waals surface area contributed by atoms with Crippen LogP contribution in [-0.4, -0.2) is 20.6 Å². The smallest absolute Gasteiger partial charge is 0.266 e. The number of halogens is 4. The van der Waals surface area contributed by atoms with Gasteiger partial charge in [0.15, 0.2) is 29.0 Å². The van der Waals surface area contributed by atoms with E-state index in [2.05, 4.69) is 15.9 Å². The van der Waals surface area contributed by atoms with Gasteiger partial charge < -0.3 is 9.84 Å². The van der Waals surface area contributed by atoms with Crippen molar-refractivity contribution in [1.29, 1.82) is 0 Å². The Morgan fingerprint density at radius 1 is 1.17 bits per heavy atom. The molecule has 2 aromatic rings. The molecule has 124 valence electrons. The van der Waals surface area contributed by atoms with E-state index in [-0.39, 0.29) is 17.2 Å². The summed E-state index contributed by atoms with van der Waals surface area (Å²) in [5, 5.41) is 9.60. The highest BCUT2D eigenvalue weighted by Crippen LogP contribution is 2.32. The van der Waals surface area contributed by atoms with Gasteiger partial charge in [-0.1, -0.05) is 0 Å². The minimum Gasteiger partial charge on any atom is -0.504 e. The predicted molar refractivity (Wildman–Crippen MR) is 79.5 cm³/mol. The second-order valence-electron chi connectivity index (χ2n) is 4.29. The van der Waals surface area contributed by atoms with Crippen LogP contribution in [0.2, 0.25) is 0 Å². The SMILES string of the molecule is COc1ccc(NS(=O)(=O)c2c(Br)cc(F)c(F)c2F)cc1O. The summed E-state index contributed by atoms with van der Waals surface area (Å²) in [6.45, 7) is 0. The summed E-state index contributed by atoms with van der Waals surface area (Å²) in [7, 11) is -3.28. The van der Waals surface area contributed by atoms with Crippen LogP contribution in [0, 0.1) is 17.5 Å². The van der Waals surface area contributed by atoms with Crippen LogP contribution >= 0.6 is 15.9 Å². The van der Waals surface area contributed by atoms with Gasteiger partial charge in [-0.3, -0.25) is 4.72 Å². The van der Waals surface area contributed by atoms with Gasteiger partial charge in [-0.15, -0.1) is 0 Å². The van der Waals surface area contributed by atoms with Gasteiger partial charge >= 0.3 is 0 Å². The van der Waals surface area contributed by atoms with Crippen LogP contribution in [0.5, 0.6) is 11.5 Å². The first kappa shape index (κ1) is 17.4. The lowest BCUT2D eigenvalue weighted by Gasteiger charge is -2.12. The number of methoxy groups -OCH3 is 1. The van der Waals surface area contributed by atoms with Gasteiger partial charge in [0.25, 0.3) is 10.0 Å². The van der Waals surface area contributed by atoms with Gasteiger partial charge in [-0.25, -0.2) is 21.6 Å². The quantitative estimate of drug-likeness (QED) is 0.597. The Morgan fingerprint density at radius 2 is 1.83 bits per heavy atom. The average molecular weight is 412 g/mol. The molecule has 0 radical (unpaired) electrons. The van der Waals surface area contributed by atoms with Crippen molar-refractivity contribution in [2.75, 3.05) is 11.8 Å². The highest BCUT2D eigenvalue weighted by molar-refractivity contribution is 9.10. The van der Waals surface area contributed by atoms with Crippen LogP contribution in [0.1, 0.15) is 0 Å². The van der Waals surface area contributed by atoms with Crippen LogP contribution in [-0.2, 0) is 10.0 Å². The summed E-state index contributed by atoms with van der Waals surface area (Å²) >= 11 is 2.68. The number of ether oxygens (including phenoxy) is 1. The zero-order chi connectivity index (χ0) is 17.4. The molecule has 0 saturated heterocycles. The first-order chi connectivity index (χ1) is 10.7. The summed E-state index contributed by atoms with van der Waals surface area (Å²) < 4.78 is 70.8. The third kappa shape index (κ3) is 3.37. The summed E-state index contributed by atoms with van der Waals surface area (Å²) in [5.74, 6) is -5.57. The third-order valence-corrected chi connectivity index (χ3v) is 5.10. The van der Waals surface area contributed by atoms with Crippen LogP contribution in [0.4, 0.5) is 18.9 Å². The summed E-state index contributed by atoms with van der Waals surface area (Å²) in [4.78, 5) is -1.09. The average Bonchev–Trinajstić information content (AvgIpc) is 2.44. The highest BCUT2D eigenvalue weighted by Gasteiger charge is 2.28. The Kier molecular flexibility index (Phi) is 4.76. The second-order valence-corrected chi connectivity index (χ2v) is 6.76. The van der Waals surface area contributed by atoms with E-state index in [4.69, 9.17) is 4.74 Å². The standard InChI is InChI=1S/C13H9BrF3NO4S/c1-22-10-3-2-6(4-9(10)19)18-23(20,21)13-7(14)5-8(15)11(16)12(13)17/h2-5,18-19H,1H3. The first-order valence-corrected chi connectivity index (χ1v) is 8.18. The topological polar surface area (TPSA) is 75.6 Å². The summed E-state index contributed by atoms with van der Waals surface area (Å²) in [5.41, 5.74) is -0.126. The first-order valence-electron chi connectivity index (χ1n) is 5.90. The molecule has 0 heterocycles. The van der Waals surface area contributed by atoms with Crippen molar-refractivity contribution >= 4 is 31.6 Å². The lowest BCUT2D eigenvalue weighted by atomic mass is 10.3. The molecule has 5 nitrogen and oxygen atoms in total. The van der Waals surface area contributed by atoms with Crippen molar-refractivity contribution in [2.24, 2.45) is 0 Å². The minimum absolute atomic E-state index is 0.0909. The molecule has 10 heteroatoms. The van der Waals surface area contributed by atoms with Crippen molar-refractivity contribution in [3.8, 4) is 11.5 Å². The third-order valence-electron chi connectivity index (χ3n) is 2.77. The fourth-order valence-electron chi connectivity index (χ4n) is 1.76.